The van der Waals surface area contributed by atoms with Gasteiger partial charge >= 0.3 is 0 Å². The minimum absolute atomic E-state index is 0.101. The van der Waals surface area contributed by atoms with E-state index in [1.807, 2.05) is 36.1 Å². The zero-order valence-corrected chi connectivity index (χ0v) is 14.8. The van der Waals surface area contributed by atoms with Crippen molar-refractivity contribution in [3.63, 3.8) is 0 Å². The van der Waals surface area contributed by atoms with E-state index in [4.69, 9.17) is 0 Å². The lowest BCUT2D eigenvalue weighted by Crippen LogP contribution is -3.21. The summed E-state index contributed by atoms with van der Waals surface area (Å²) in [6, 6.07) is 9.75. The Balaban J connectivity index is 1.63. The second-order valence-corrected chi connectivity index (χ2v) is 8.01. The summed E-state index contributed by atoms with van der Waals surface area (Å²) in [5.74, 6) is 0.857. The van der Waals surface area contributed by atoms with Gasteiger partial charge in [-0.15, -0.1) is 0 Å². The van der Waals surface area contributed by atoms with E-state index in [0.717, 1.165) is 42.0 Å². The monoisotopic (exact) mass is 315 g/mol. The van der Waals surface area contributed by atoms with Gasteiger partial charge < -0.3 is 10.2 Å². The fourth-order valence-electron chi connectivity index (χ4n) is 4.61. The van der Waals surface area contributed by atoms with Gasteiger partial charge in [-0.1, -0.05) is 31.5 Å². The topological polar surface area (TPSA) is 33.5 Å². The number of aryl methyl sites for hydroxylation is 1. The predicted octanol–water partition coefficient (Wildman–Crippen LogP) is 2.35. The quantitative estimate of drug-likeness (QED) is 0.878. The van der Waals surface area contributed by atoms with Gasteiger partial charge in [0.05, 0.1) is 18.6 Å². The molecule has 2 aliphatic rings. The Morgan fingerprint density at radius 2 is 1.96 bits per heavy atom. The van der Waals surface area contributed by atoms with Crippen LogP contribution < -0.4 is 10.2 Å². The molecule has 2 N–H and O–H groups in total. The molecule has 0 saturated carbocycles. The number of rotatable bonds is 4. The van der Waals surface area contributed by atoms with Gasteiger partial charge in [0.15, 0.2) is 0 Å². The van der Waals surface area contributed by atoms with Crippen LogP contribution in [0.25, 0.3) is 0 Å². The van der Waals surface area contributed by atoms with E-state index < -0.39 is 0 Å². The summed E-state index contributed by atoms with van der Waals surface area (Å²) in [6.07, 6.45) is 6.33. The maximum atomic E-state index is 12.5. The van der Waals surface area contributed by atoms with Crippen molar-refractivity contribution in [1.82, 2.24) is 5.32 Å². The molecule has 3 nitrogen and oxygen atoms in total. The number of amides is 1. The molecule has 2 atom stereocenters. The van der Waals surface area contributed by atoms with Crippen LogP contribution in [0.15, 0.2) is 24.3 Å². The molecule has 23 heavy (non-hydrogen) atoms. The Hall–Kier alpha value is -1.35. The molecule has 0 radical (unpaired) electrons. The van der Waals surface area contributed by atoms with Crippen molar-refractivity contribution in [1.29, 1.82) is 0 Å². The average Bonchev–Trinajstić information content (AvgIpc) is 2.47. The molecule has 2 fully saturated rings. The van der Waals surface area contributed by atoms with Crippen LogP contribution in [0.4, 0.5) is 0 Å². The third kappa shape index (κ3) is 3.95. The van der Waals surface area contributed by atoms with Crippen molar-refractivity contribution in [2.75, 3.05) is 6.54 Å². The van der Waals surface area contributed by atoms with Crippen LogP contribution in [-0.4, -0.2) is 30.6 Å². The van der Waals surface area contributed by atoms with Gasteiger partial charge in [-0.05, 0) is 38.3 Å². The summed E-state index contributed by atoms with van der Waals surface area (Å²) in [4.78, 5) is 14.3. The molecule has 1 amide bonds. The normalized spacial score (nSPS) is 30.3. The van der Waals surface area contributed by atoms with E-state index in [-0.39, 0.29) is 5.91 Å². The first kappa shape index (κ1) is 16.5. The molecule has 1 aromatic carbocycles. The summed E-state index contributed by atoms with van der Waals surface area (Å²) >= 11 is 0. The first-order valence-electron chi connectivity index (χ1n) is 9.26. The lowest BCUT2D eigenvalue weighted by atomic mass is 9.81. The fraction of sp³-hybridized carbons (Fsp3) is 0.650. The van der Waals surface area contributed by atoms with Gasteiger partial charge in [0.25, 0.3) is 5.91 Å². The number of hydrogen-bond donors (Lipinski definition) is 2. The molecule has 126 valence electrons. The molecule has 2 bridgehead atoms. The van der Waals surface area contributed by atoms with Gasteiger partial charge in [-0.3, -0.25) is 4.79 Å². The van der Waals surface area contributed by atoms with Crippen LogP contribution in [0.3, 0.4) is 0 Å². The molecule has 2 aliphatic heterocycles. The van der Waals surface area contributed by atoms with E-state index >= 15 is 0 Å². The maximum Gasteiger partial charge on any atom is 0.251 e. The summed E-state index contributed by atoms with van der Waals surface area (Å²) in [7, 11) is 0. The zero-order valence-electron chi connectivity index (χ0n) is 14.8. The second-order valence-electron chi connectivity index (χ2n) is 8.01. The van der Waals surface area contributed by atoms with Crippen LogP contribution in [-0.2, 0) is 0 Å². The van der Waals surface area contributed by atoms with Crippen molar-refractivity contribution in [2.45, 2.75) is 71.0 Å². The molecule has 0 aliphatic carbocycles. The van der Waals surface area contributed by atoms with E-state index in [1.54, 1.807) is 0 Å². The molecule has 2 saturated heterocycles. The summed E-state index contributed by atoms with van der Waals surface area (Å²) in [6.45, 7) is 7.98. The van der Waals surface area contributed by atoms with Gasteiger partial charge in [0.2, 0.25) is 0 Å². The lowest BCUT2D eigenvalue weighted by molar-refractivity contribution is -0.963. The van der Waals surface area contributed by atoms with Gasteiger partial charge in [0.1, 0.15) is 0 Å². The molecular formula is C20H31N2O+. The third-order valence-electron chi connectivity index (χ3n) is 5.55. The lowest BCUT2D eigenvalue weighted by Gasteiger charge is -2.46. The number of piperidine rings is 2. The third-order valence-corrected chi connectivity index (χ3v) is 5.55. The van der Waals surface area contributed by atoms with Crippen molar-refractivity contribution < 1.29 is 9.69 Å². The average molecular weight is 315 g/mol. The Morgan fingerprint density at radius 3 is 2.57 bits per heavy atom. The number of quaternary nitrogens is 1. The Bertz CT molecular complexity index is 540. The number of nitrogens with one attached hydrogen (secondary N) is 2. The SMILES string of the molecule is Cc1cccc(C(=O)NC2C[C@H]3CCC[C@H](C2)[NH+]3CC(C)C)c1. The molecule has 3 heteroatoms. The Labute approximate surface area is 140 Å². The first-order chi connectivity index (χ1) is 11.0. The highest BCUT2D eigenvalue weighted by Gasteiger charge is 2.42. The van der Waals surface area contributed by atoms with Crippen LogP contribution in [0, 0.1) is 12.8 Å². The van der Waals surface area contributed by atoms with E-state index in [0.29, 0.717) is 6.04 Å². The highest BCUT2D eigenvalue weighted by atomic mass is 16.1. The van der Waals surface area contributed by atoms with Gasteiger partial charge in [-0.25, -0.2) is 0 Å². The van der Waals surface area contributed by atoms with Crippen molar-refractivity contribution in [3.8, 4) is 0 Å². The smallest absolute Gasteiger partial charge is 0.251 e. The van der Waals surface area contributed by atoms with Gasteiger partial charge in [-0.2, -0.15) is 0 Å². The minimum atomic E-state index is 0.101. The Kier molecular flexibility index (Phi) is 5.05. The number of fused-ring (bicyclic) bond motifs is 2. The standard InChI is InChI=1S/C20H30N2O/c1-14(2)13-22-18-8-5-9-19(22)12-17(11-18)21-20(23)16-7-4-6-15(3)10-16/h4,6-7,10,14,17-19H,5,8-9,11-13H2,1-3H3,(H,21,23)/p+1/t18-,19-/m1/s1. The number of benzene rings is 1. The van der Waals surface area contributed by atoms with Crippen LogP contribution in [0.2, 0.25) is 0 Å². The number of hydrogen-bond acceptors (Lipinski definition) is 1. The largest absolute Gasteiger partial charge is 0.349 e. The van der Waals surface area contributed by atoms with E-state index in [1.165, 1.54) is 25.8 Å². The first-order valence-corrected chi connectivity index (χ1v) is 9.26. The highest BCUT2D eigenvalue weighted by Crippen LogP contribution is 2.23. The minimum Gasteiger partial charge on any atom is -0.349 e. The molecule has 2 heterocycles. The number of carbonyl (C=O) groups excluding carboxylic acids is 1. The van der Waals surface area contributed by atoms with Crippen molar-refractivity contribution >= 4 is 5.91 Å². The molecular weight excluding hydrogens is 284 g/mol. The zero-order chi connectivity index (χ0) is 16.4. The van der Waals surface area contributed by atoms with Crippen LogP contribution in [0.1, 0.15) is 61.9 Å². The van der Waals surface area contributed by atoms with Crippen molar-refractivity contribution in [2.24, 2.45) is 5.92 Å². The van der Waals surface area contributed by atoms with Crippen LogP contribution in [0.5, 0.6) is 0 Å². The highest BCUT2D eigenvalue weighted by molar-refractivity contribution is 5.94. The molecule has 0 aromatic heterocycles. The summed E-state index contributed by atoms with van der Waals surface area (Å²) in [5.41, 5.74) is 1.94. The van der Waals surface area contributed by atoms with Crippen molar-refractivity contribution in [3.05, 3.63) is 35.4 Å². The summed E-state index contributed by atoms with van der Waals surface area (Å²) in [5, 5.41) is 3.31. The molecule has 0 spiro atoms. The second kappa shape index (κ2) is 7.04. The van der Waals surface area contributed by atoms with Gasteiger partial charge in [0, 0.05) is 30.4 Å². The number of carbonyl (C=O) groups is 1. The maximum absolute atomic E-state index is 12.5. The molecule has 3 rings (SSSR count). The van der Waals surface area contributed by atoms with E-state index in [2.05, 4.69) is 19.2 Å². The Morgan fingerprint density at radius 1 is 1.26 bits per heavy atom. The van der Waals surface area contributed by atoms with E-state index in [9.17, 15) is 4.79 Å². The molecule has 0 unspecified atom stereocenters. The fourth-order valence-corrected chi connectivity index (χ4v) is 4.61. The predicted molar refractivity (Wildman–Crippen MR) is 93.8 cm³/mol. The van der Waals surface area contributed by atoms with Crippen LogP contribution >= 0.6 is 0 Å². The summed E-state index contributed by atoms with van der Waals surface area (Å²) < 4.78 is 0. The molecule has 1 aromatic rings.